The molecule has 8 heteroatoms. The summed E-state index contributed by atoms with van der Waals surface area (Å²) in [6.07, 6.45) is 0.949. The van der Waals surface area contributed by atoms with Crippen molar-refractivity contribution in [1.29, 1.82) is 0 Å². The van der Waals surface area contributed by atoms with Gasteiger partial charge in [0.15, 0.2) is 6.04 Å². The monoisotopic (exact) mass is 313 g/mol. The Morgan fingerprint density at radius 1 is 1.41 bits per heavy atom. The molecule has 8 nitrogen and oxygen atoms in total. The van der Waals surface area contributed by atoms with Crippen molar-refractivity contribution in [2.24, 2.45) is 5.41 Å². The van der Waals surface area contributed by atoms with Gasteiger partial charge in [0.25, 0.3) is 5.91 Å². The van der Waals surface area contributed by atoms with Crippen molar-refractivity contribution in [3.8, 4) is 0 Å². The van der Waals surface area contributed by atoms with Gasteiger partial charge in [-0.1, -0.05) is 6.58 Å². The Hall–Kier alpha value is -2.22. The summed E-state index contributed by atoms with van der Waals surface area (Å²) in [4.78, 5) is 47.7. The zero-order valence-corrected chi connectivity index (χ0v) is 12.5. The Labute approximate surface area is 127 Å². The molecular weight excluding hydrogens is 294 g/mol. The number of ether oxygens (including phenoxy) is 2. The first-order valence-corrected chi connectivity index (χ1v) is 6.66. The molecule has 1 saturated heterocycles. The Morgan fingerprint density at radius 3 is 2.59 bits per heavy atom. The molecule has 1 aliphatic rings. The minimum absolute atomic E-state index is 0.0179. The van der Waals surface area contributed by atoms with E-state index < -0.39 is 35.1 Å². The number of ketones is 1. The molecule has 1 aliphatic heterocycles. The van der Waals surface area contributed by atoms with E-state index in [2.05, 4.69) is 6.58 Å². The Morgan fingerprint density at radius 2 is 2.05 bits per heavy atom. The number of esters is 1. The van der Waals surface area contributed by atoms with Crippen molar-refractivity contribution in [3.05, 3.63) is 12.7 Å². The van der Waals surface area contributed by atoms with E-state index >= 15 is 0 Å². The van der Waals surface area contributed by atoms with Crippen LogP contribution in [-0.2, 0) is 28.7 Å². The summed E-state index contributed by atoms with van der Waals surface area (Å²) in [5.74, 6) is -3.69. The highest BCUT2D eigenvalue weighted by molar-refractivity contribution is 6.38. The molecule has 1 rings (SSSR count). The lowest BCUT2D eigenvalue weighted by Crippen LogP contribution is -2.56. The number of carboxylic acids is 1. The minimum atomic E-state index is -1.27. The third-order valence-corrected chi connectivity index (χ3v) is 3.23. The quantitative estimate of drug-likeness (QED) is 0.404. The van der Waals surface area contributed by atoms with Gasteiger partial charge in [-0.2, -0.15) is 0 Å². The van der Waals surface area contributed by atoms with Gasteiger partial charge in [-0.25, -0.2) is 9.59 Å². The van der Waals surface area contributed by atoms with Gasteiger partial charge in [-0.15, -0.1) is 0 Å². The first kappa shape index (κ1) is 17.8. The van der Waals surface area contributed by atoms with Crippen molar-refractivity contribution in [1.82, 2.24) is 4.90 Å². The highest BCUT2D eigenvalue weighted by Crippen LogP contribution is 2.20. The second-order valence-corrected chi connectivity index (χ2v) is 5.45. The van der Waals surface area contributed by atoms with Crippen molar-refractivity contribution in [2.45, 2.75) is 19.9 Å². The zero-order valence-electron chi connectivity index (χ0n) is 12.5. The highest BCUT2D eigenvalue weighted by atomic mass is 16.5. The molecule has 1 fully saturated rings. The molecular formula is C14H19NO7. The molecule has 0 radical (unpaired) electrons. The first-order valence-electron chi connectivity index (χ1n) is 6.66. The Kier molecular flexibility index (Phi) is 5.81. The topological polar surface area (TPSA) is 110 Å². The second kappa shape index (κ2) is 7.17. The average Bonchev–Trinajstić information content (AvgIpc) is 2.51. The van der Waals surface area contributed by atoms with Gasteiger partial charge < -0.3 is 19.5 Å². The second-order valence-electron chi connectivity index (χ2n) is 5.45. The molecule has 0 aliphatic carbocycles. The number of carbonyl (C=O) groups is 4. The van der Waals surface area contributed by atoms with Crippen LogP contribution in [0.2, 0.25) is 0 Å². The summed E-state index contributed by atoms with van der Waals surface area (Å²) in [6.45, 7) is 5.83. The lowest BCUT2D eigenvalue weighted by Gasteiger charge is -2.34. The van der Waals surface area contributed by atoms with Crippen LogP contribution in [0.4, 0.5) is 0 Å². The summed E-state index contributed by atoms with van der Waals surface area (Å²) in [5.41, 5.74) is -1.27. The van der Waals surface area contributed by atoms with Crippen LogP contribution in [0.3, 0.4) is 0 Å². The number of carboxylic acid groups (broad SMARTS) is 1. The summed E-state index contributed by atoms with van der Waals surface area (Å²) in [6, 6.07) is -1.20. The molecule has 1 heterocycles. The Balaban J connectivity index is 2.81. The minimum Gasteiger partial charge on any atom is -0.480 e. The van der Waals surface area contributed by atoms with Gasteiger partial charge in [0, 0.05) is 12.6 Å². The molecule has 122 valence electrons. The molecule has 1 unspecified atom stereocenters. The van der Waals surface area contributed by atoms with Crippen molar-refractivity contribution < 1.29 is 33.8 Å². The third-order valence-electron chi connectivity index (χ3n) is 3.23. The van der Waals surface area contributed by atoms with Crippen LogP contribution in [0.1, 0.15) is 13.8 Å². The number of aliphatic carboxylic acids is 1. The Bertz CT molecular complexity index is 497. The molecule has 0 bridgehead atoms. The van der Waals surface area contributed by atoms with Crippen LogP contribution < -0.4 is 0 Å². The lowest BCUT2D eigenvalue weighted by molar-refractivity contribution is -0.164. The number of rotatable bonds is 6. The van der Waals surface area contributed by atoms with Gasteiger partial charge >= 0.3 is 11.9 Å². The lowest BCUT2D eigenvalue weighted by atomic mass is 9.88. The fourth-order valence-electron chi connectivity index (χ4n) is 1.85. The average molecular weight is 313 g/mol. The highest BCUT2D eigenvalue weighted by Gasteiger charge is 2.41. The van der Waals surface area contributed by atoms with E-state index in [0.717, 1.165) is 11.0 Å². The van der Waals surface area contributed by atoms with Crippen LogP contribution in [0.15, 0.2) is 12.7 Å². The van der Waals surface area contributed by atoms with Crippen LogP contribution in [0.25, 0.3) is 0 Å². The SMILES string of the molecule is C=CC(=O)OCC(C)(C)C(=O)C(=O)N1CCOCC1C(=O)O. The molecule has 0 aromatic heterocycles. The molecule has 0 spiro atoms. The van der Waals surface area contributed by atoms with E-state index in [1.165, 1.54) is 13.8 Å². The number of amides is 1. The summed E-state index contributed by atoms with van der Waals surface area (Å²) >= 11 is 0. The summed E-state index contributed by atoms with van der Waals surface area (Å²) < 4.78 is 9.82. The third kappa shape index (κ3) is 4.14. The maximum absolute atomic E-state index is 12.3. The summed E-state index contributed by atoms with van der Waals surface area (Å²) in [5, 5.41) is 9.08. The van der Waals surface area contributed by atoms with E-state index in [-0.39, 0.29) is 26.4 Å². The van der Waals surface area contributed by atoms with Crippen molar-refractivity contribution in [3.63, 3.8) is 0 Å². The fourth-order valence-corrected chi connectivity index (χ4v) is 1.85. The number of hydrogen-bond acceptors (Lipinski definition) is 6. The molecule has 0 saturated carbocycles. The number of hydrogen-bond donors (Lipinski definition) is 1. The fraction of sp³-hybridized carbons (Fsp3) is 0.571. The zero-order chi connectivity index (χ0) is 16.9. The van der Waals surface area contributed by atoms with Crippen LogP contribution in [-0.4, -0.2) is 66.0 Å². The van der Waals surface area contributed by atoms with Crippen molar-refractivity contribution >= 4 is 23.6 Å². The maximum atomic E-state index is 12.3. The van der Waals surface area contributed by atoms with E-state index in [4.69, 9.17) is 14.6 Å². The molecule has 0 aromatic rings. The largest absolute Gasteiger partial charge is 0.480 e. The van der Waals surface area contributed by atoms with E-state index in [1.54, 1.807) is 0 Å². The number of carbonyl (C=O) groups excluding carboxylic acids is 3. The number of Topliss-reactive ketones (excluding diaryl/α,β-unsaturated/α-hetero) is 1. The van der Waals surface area contributed by atoms with Gasteiger partial charge in [0.2, 0.25) is 5.78 Å². The van der Waals surface area contributed by atoms with Crippen LogP contribution in [0, 0.1) is 5.41 Å². The van der Waals surface area contributed by atoms with Crippen molar-refractivity contribution in [2.75, 3.05) is 26.4 Å². The standard InChI is InChI=1S/C14H19NO7/c1-4-10(16)22-8-14(2,3)11(17)12(18)15-5-6-21-7-9(15)13(19)20/h4,9H,1,5-8H2,2-3H3,(H,19,20). The smallest absolute Gasteiger partial charge is 0.330 e. The predicted octanol–water partition coefficient (Wildman–Crippen LogP) is -0.377. The van der Waals surface area contributed by atoms with Crippen LogP contribution in [0.5, 0.6) is 0 Å². The number of nitrogens with zero attached hydrogens (tertiary/aromatic N) is 1. The van der Waals surface area contributed by atoms with Gasteiger partial charge in [-0.05, 0) is 13.8 Å². The van der Waals surface area contributed by atoms with E-state index in [9.17, 15) is 19.2 Å². The van der Waals surface area contributed by atoms with Gasteiger partial charge in [0.05, 0.1) is 18.6 Å². The maximum Gasteiger partial charge on any atom is 0.330 e. The molecule has 1 N–H and O–H groups in total. The molecule has 1 atom stereocenters. The predicted molar refractivity (Wildman–Crippen MR) is 73.9 cm³/mol. The first-order chi connectivity index (χ1) is 10.2. The van der Waals surface area contributed by atoms with E-state index in [0.29, 0.717) is 0 Å². The summed E-state index contributed by atoms with van der Waals surface area (Å²) in [7, 11) is 0. The number of morpholine rings is 1. The van der Waals surface area contributed by atoms with E-state index in [1.807, 2.05) is 0 Å². The van der Waals surface area contributed by atoms with Crippen LogP contribution >= 0.6 is 0 Å². The molecule has 0 aromatic carbocycles. The van der Waals surface area contributed by atoms with Gasteiger partial charge in [-0.3, -0.25) is 9.59 Å². The van der Waals surface area contributed by atoms with Gasteiger partial charge in [0.1, 0.15) is 6.61 Å². The molecule has 1 amide bonds. The normalized spacial score (nSPS) is 18.5. The molecule has 22 heavy (non-hydrogen) atoms.